The van der Waals surface area contributed by atoms with Crippen molar-refractivity contribution in [1.29, 1.82) is 0 Å². The first-order chi connectivity index (χ1) is 9.79. The number of nitrogens with zero attached hydrogens (tertiary/aromatic N) is 3. The average molecular weight is 297 g/mol. The molecule has 0 unspecified atom stereocenters. The molecule has 0 saturated heterocycles. The highest BCUT2D eigenvalue weighted by Gasteiger charge is 2.04. The minimum Gasteiger partial charge on any atom is -0.493 e. The molecule has 1 aromatic heterocycles. The first-order valence-corrected chi connectivity index (χ1v) is 7.16. The highest BCUT2D eigenvalue weighted by Crippen LogP contribution is 2.16. The van der Waals surface area contributed by atoms with Gasteiger partial charge < -0.3 is 14.0 Å². The SMILES string of the molecule is COCCn1cnnc1SCCOc1ccc(F)cc1. The number of hydrogen-bond donors (Lipinski definition) is 0. The lowest BCUT2D eigenvalue weighted by Crippen LogP contribution is -2.06. The summed E-state index contributed by atoms with van der Waals surface area (Å²) in [6, 6.07) is 5.98. The Hall–Kier alpha value is -1.60. The van der Waals surface area contributed by atoms with E-state index in [0.717, 1.165) is 17.5 Å². The molecule has 0 N–H and O–H groups in total. The van der Waals surface area contributed by atoms with E-state index < -0.39 is 0 Å². The molecule has 0 saturated carbocycles. The van der Waals surface area contributed by atoms with Crippen LogP contribution < -0.4 is 4.74 Å². The lowest BCUT2D eigenvalue weighted by molar-refractivity contribution is 0.184. The Kier molecular flexibility index (Phi) is 5.82. The number of halogens is 1. The van der Waals surface area contributed by atoms with Crippen LogP contribution in [0.25, 0.3) is 0 Å². The molecule has 7 heteroatoms. The van der Waals surface area contributed by atoms with Crippen LogP contribution in [0.3, 0.4) is 0 Å². The summed E-state index contributed by atoms with van der Waals surface area (Å²) in [4.78, 5) is 0. The monoisotopic (exact) mass is 297 g/mol. The lowest BCUT2D eigenvalue weighted by atomic mass is 10.3. The predicted octanol–water partition coefficient (Wildman–Crippen LogP) is 2.23. The summed E-state index contributed by atoms with van der Waals surface area (Å²) in [5.41, 5.74) is 0. The zero-order valence-corrected chi connectivity index (χ0v) is 12.0. The van der Waals surface area contributed by atoms with E-state index in [1.807, 2.05) is 4.57 Å². The summed E-state index contributed by atoms with van der Waals surface area (Å²) in [7, 11) is 1.66. The van der Waals surface area contributed by atoms with Crippen LogP contribution in [0.2, 0.25) is 0 Å². The average Bonchev–Trinajstić information content (AvgIpc) is 2.91. The third-order valence-electron chi connectivity index (χ3n) is 2.51. The van der Waals surface area contributed by atoms with E-state index in [2.05, 4.69) is 10.2 Å². The van der Waals surface area contributed by atoms with E-state index in [1.165, 1.54) is 12.1 Å². The Morgan fingerprint density at radius 2 is 2.05 bits per heavy atom. The summed E-state index contributed by atoms with van der Waals surface area (Å²) in [6.07, 6.45) is 1.68. The first-order valence-electron chi connectivity index (χ1n) is 6.17. The first kappa shape index (κ1) is 14.8. The molecule has 1 aromatic carbocycles. The maximum Gasteiger partial charge on any atom is 0.191 e. The summed E-state index contributed by atoms with van der Waals surface area (Å²) < 4.78 is 25.2. The maximum absolute atomic E-state index is 12.7. The van der Waals surface area contributed by atoms with Gasteiger partial charge >= 0.3 is 0 Å². The van der Waals surface area contributed by atoms with Gasteiger partial charge in [0.1, 0.15) is 17.9 Å². The quantitative estimate of drug-likeness (QED) is 0.552. The van der Waals surface area contributed by atoms with Gasteiger partial charge in [-0.05, 0) is 24.3 Å². The normalized spacial score (nSPS) is 10.7. The molecule has 108 valence electrons. The van der Waals surface area contributed by atoms with Crippen LogP contribution in [0, 0.1) is 5.82 Å². The van der Waals surface area contributed by atoms with Crippen molar-refractivity contribution >= 4 is 11.8 Å². The van der Waals surface area contributed by atoms with Crippen molar-refractivity contribution < 1.29 is 13.9 Å². The second kappa shape index (κ2) is 7.86. The molecular formula is C13H16FN3O2S. The molecule has 0 aliphatic carbocycles. The number of aromatic nitrogens is 3. The smallest absolute Gasteiger partial charge is 0.191 e. The van der Waals surface area contributed by atoms with Crippen LogP contribution >= 0.6 is 11.8 Å². The Bertz CT molecular complexity index is 519. The Morgan fingerprint density at radius 3 is 2.80 bits per heavy atom. The second-order valence-electron chi connectivity index (χ2n) is 3.95. The third kappa shape index (κ3) is 4.50. The van der Waals surface area contributed by atoms with E-state index in [1.54, 1.807) is 37.3 Å². The van der Waals surface area contributed by atoms with Gasteiger partial charge in [-0.25, -0.2) is 4.39 Å². The number of methoxy groups -OCH3 is 1. The molecule has 0 fully saturated rings. The van der Waals surface area contributed by atoms with Crippen molar-refractivity contribution in [3.8, 4) is 5.75 Å². The minimum atomic E-state index is -0.266. The molecule has 0 aliphatic rings. The Morgan fingerprint density at radius 1 is 1.25 bits per heavy atom. The van der Waals surface area contributed by atoms with Crippen LogP contribution in [-0.2, 0) is 11.3 Å². The van der Waals surface area contributed by atoms with Crippen molar-refractivity contribution in [1.82, 2.24) is 14.8 Å². The topological polar surface area (TPSA) is 49.2 Å². The lowest BCUT2D eigenvalue weighted by Gasteiger charge is -2.07. The largest absolute Gasteiger partial charge is 0.493 e. The second-order valence-corrected chi connectivity index (χ2v) is 5.01. The molecule has 0 radical (unpaired) electrons. The van der Waals surface area contributed by atoms with Crippen LogP contribution in [-0.4, -0.2) is 40.8 Å². The predicted molar refractivity (Wildman–Crippen MR) is 74.5 cm³/mol. The van der Waals surface area contributed by atoms with Gasteiger partial charge in [-0.3, -0.25) is 0 Å². The van der Waals surface area contributed by atoms with E-state index in [-0.39, 0.29) is 5.82 Å². The molecule has 0 spiro atoms. The molecule has 2 aromatic rings. The fourth-order valence-electron chi connectivity index (χ4n) is 1.52. The van der Waals surface area contributed by atoms with Gasteiger partial charge in [0, 0.05) is 19.4 Å². The standard InChI is InChI=1S/C13H16FN3O2S/c1-18-7-6-17-10-15-16-13(17)20-9-8-19-12-4-2-11(14)3-5-12/h2-5,10H,6-9H2,1H3. The van der Waals surface area contributed by atoms with Gasteiger partial charge in [-0.15, -0.1) is 10.2 Å². The van der Waals surface area contributed by atoms with Crippen molar-refractivity contribution in [2.75, 3.05) is 26.1 Å². The molecule has 5 nitrogen and oxygen atoms in total. The molecular weight excluding hydrogens is 281 g/mol. The molecule has 0 bridgehead atoms. The van der Waals surface area contributed by atoms with Crippen molar-refractivity contribution in [3.05, 3.63) is 36.4 Å². The summed E-state index contributed by atoms with van der Waals surface area (Å²) in [5.74, 6) is 1.13. The van der Waals surface area contributed by atoms with Gasteiger partial charge in [0.25, 0.3) is 0 Å². The summed E-state index contributed by atoms with van der Waals surface area (Å²) >= 11 is 1.56. The van der Waals surface area contributed by atoms with Gasteiger partial charge in [0.2, 0.25) is 0 Å². The minimum absolute atomic E-state index is 0.266. The Balaban J connectivity index is 1.73. The molecule has 20 heavy (non-hydrogen) atoms. The third-order valence-corrected chi connectivity index (χ3v) is 3.46. The number of hydrogen-bond acceptors (Lipinski definition) is 5. The van der Waals surface area contributed by atoms with Gasteiger partial charge in [0.05, 0.1) is 13.2 Å². The molecule has 1 heterocycles. The van der Waals surface area contributed by atoms with E-state index in [4.69, 9.17) is 9.47 Å². The Labute approximate surface area is 121 Å². The zero-order chi connectivity index (χ0) is 14.2. The number of ether oxygens (including phenoxy) is 2. The van der Waals surface area contributed by atoms with Crippen LogP contribution in [0.15, 0.2) is 35.7 Å². The van der Waals surface area contributed by atoms with Gasteiger partial charge in [0.15, 0.2) is 5.16 Å². The van der Waals surface area contributed by atoms with Crippen molar-refractivity contribution in [2.45, 2.75) is 11.7 Å². The van der Waals surface area contributed by atoms with E-state index in [9.17, 15) is 4.39 Å². The molecule has 0 aliphatic heterocycles. The van der Waals surface area contributed by atoms with Crippen molar-refractivity contribution in [2.24, 2.45) is 0 Å². The maximum atomic E-state index is 12.7. The van der Waals surface area contributed by atoms with Gasteiger partial charge in [-0.1, -0.05) is 11.8 Å². The fraction of sp³-hybridized carbons (Fsp3) is 0.385. The number of benzene rings is 1. The van der Waals surface area contributed by atoms with Crippen LogP contribution in [0.1, 0.15) is 0 Å². The highest BCUT2D eigenvalue weighted by molar-refractivity contribution is 7.99. The summed E-state index contributed by atoms with van der Waals surface area (Å²) in [6.45, 7) is 1.87. The fourth-order valence-corrected chi connectivity index (χ4v) is 2.28. The number of thioether (sulfide) groups is 1. The summed E-state index contributed by atoms with van der Waals surface area (Å²) in [5, 5.41) is 8.75. The van der Waals surface area contributed by atoms with Crippen molar-refractivity contribution in [3.63, 3.8) is 0 Å². The van der Waals surface area contributed by atoms with Crippen LogP contribution in [0.4, 0.5) is 4.39 Å². The van der Waals surface area contributed by atoms with Crippen LogP contribution in [0.5, 0.6) is 5.75 Å². The van der Waals surface area contributed by atoms with E-state index >= 15 is 0 Å². The molecule has 0 amide bonds. The van der Waals surface area contributed by atoms with E-state index in [0.29, 0.717) is 19.0 Å². The zero-order valence-electron chi connectivity index (χ0n) is 11.2. The number of rotatable bonds is 8. The molecule has 2 rings (SSSR count). The molecule has 0 atom stereocenters. The van der Waals surface area contributed by atoms with Gasteiger partial charge in [-0.2, -0.15) is 0 Å². The highest BCUT2D eigenvalue weighted by atomic mass is 32.2.